The molecule has 1 heterocycles. The molecular weight excluding hydrogens is 418 g/mol. The number of aromatic nitrogens is 2. The summed E-state index contributed by atoms with van der Waals surface area (Å²) in [5.41, 5.74) is 4.02. The number of Topliss-reactive ketones (excluding diaryl/α,β-unsaturated/α-hetero) is 1. The van der Waals surface area contributed by atoms with Crippen molar-refractivity contribution in [1.82, 2.24) is 26.1 Å². The Kier molecular flexibility index (Phi) is 9.26. The summed E-state index contributed by atoms with van der Waals surface area (Å²) in [7, 11) is 0. The van der Waals surface area contributed by atoms with Gasteiger partial charge in [0.1, 0.15) is 17.1 Å². The molecule has 2 aromatic rings. The molecule has 0 bridgehead atoms. The number of carbonyl (C=O) groups is 4. The highest BCUT2D eigenvalue weighted by atomic mass is 16.6. The standard InChI is InChI=1S/C21H29N5O6/c1-5-10-22-26(13(4)27)18(7-3)20(29)23-15(6-2)19(28)12-31-21(30)14-8-9-16-17(11-14)25-32-24-16/h8-9,11,15,18,22H,5-7,10,12H2,1-4H3,(H,23,29). The minimum absolute atomic E-state index is 0.197. The lowest BCUT2D eigenvalue weighted by Crippen LogP contribution is -2.57. The predicted molar refractivity (Wildman–Crippen MR) is 114 cm³/mol. The van der Waals surface area contributed by atoms with Crippen molar-refractivity contribution in [2.75, 3.05) is 13.2 Å². The van der Waals surface area contributed by atoms with Gasteiger partial charge in [-0.3, -0.25) is 19.4 Å². The van der Waals surface area contributed by atoms with Gasteiger partial charge in [-0.1, -0.05) is 20.8 Å². The van der Waals surface area contributed by atoms with Crippen molar-refractivity contribution < 1.29 is 28.5 Å². The van der Waals surface area contributed by atoms with E-state index in [9.17, 15) is 19.2 Å². The van der Waals surface area contributed by atoms with Crippen LogP contribution in [0.15, 0.2) is 22.8 Å². The second kappa shape index (κ2) is 11.9. The number of rotatable bonds is 12. The van der Waals surface area contributed by atoms with E-state index >= 15 is 0 Å². The third-order valence-electron chi connectivity index (χ3n) is 4.82. The molecule has 11 heteroatoms. The SMILES string of the molecule is CCCNN(C(C)=O)C(CC)C(=O)NC(CC)C(=O)COC(=O)c1ccc2nonc2c1. The van der Waals surface area contributed by atoms with Crippen LogP contribution >= 0.6 is 0 Å². The van der Waals surface area contributed by atoms with Gasteiger partial charge in [-0.25, -0.2) is 14.8 Å². The van der Waals surface area contributed by atoms with Gasteiger partial charge in [-0.05, 0) is 47.8 Å². The average Bonchev–Trinajstić information content (AvgIpc) is 3.25. The van der Waals surface area contributed by atoms with E-state index < -0.39 is 36.4 Å². The molecule has 0 radical (unpaired) electrons. The van der Waals surface area contributed by atoms with Gasteiger partial charge in [0.25, 0.3) is 0 Å². The summed E-state index contributed by atoms with van der Waals surface area (Å²) < 4.78 is 9.70. The van der Waals surface area contributed by atoms with Crippen LogP contribution in [0.3, 0.4) is 0 Å². The minimum Gasteiger partial charge on any atom is -0.454 e. The lowest BCUT2D eigenvalue weighted by atomic mass is 10.1. The van der Waals surface area contributed by atoms with Gasteiger partial charge in [0.05, 0.1) is 11.6 Å². The second-order valence-electron chi connectivity index (χ2n) is 7.20. The summed E-state index contributed by atoms with van der Waals surface area (Å²) in [6.45, 7) is 6.85. The fraction of sp³-hybridized carbons (Fsp3) is 0.524. The number of fused-ring (bicyclic) bond motifs is 1. The average molecular weight is 447 g/mol. The number of amides is 2. The van der Waals surface area contributed by atoms with Crippen LogP contribution in [0, 0.1) is 0 Å². The molecule has 2 unspecified atom stereocenters. The molecule has 1 aromatic carbocycles. The number of nitrogens with one attached hydrogen (secondary N) is 2. The molecule has 0 saturated heterocycles. The lowest BCUT2D eigenvalue weighted by molar-refractivity contribution is -0.143. The van der Waals surface area contributed by atoms with Gasteiger partial charge in [0.2, 0.25) is 11.8 Å². The first-order valence-corrected chi connectivity index (χ1v) is 10.6. The molecule has 0 aliphatic heterocycles. The van der Waals surface area contributed by atoms with Crippen LogP contribution in [0.2, 0.25) is 0 Å². The smallest absolute Gasteiger partial charge is 0.338 e. The van der Waals surface area contributed by atoms with Crippen LogP contribution in [0.1, 0.15) is 57.3 Å². The minimum atomic E-state index is -0.855. The zero-order valence-corrected chi connectivity index (χ0v) is 18.7. The molecule has 11 nitrogen and oxygen atoms in total. The van der Waals surface area contributed by atoms with E-state index in [1.54, 1.807) is 19.9 Å². The van der Waals surface area contributed by atoms with Gasteiger partial charge in [-0.2, -0.15) is 0 Å². The molecule has 174 valence electrons. The Labute approximate surface area is 185 Å². The maximum atomic E-state index is 12.8. The van der Waals surface area contributed by atoms with Crippen LogP contribution in [-0.4, -0.2) is 64.1 Å². The van der Waals surface area contributed by atoms with Gasteiger partial charge in [-0.15, -0.1) is 0 Å². The van der Waals surface area contributed by atoms with E-state index in [-0.39, 0.29) is 11.5 Å². The molecule has 2 amide bonds. The van der Waals surface area contributed by atoms with Gasteiger partial charge >= 0.3 is 5.97 Å². The fourth-order valence-electron chi connectivity index (χ4n) is 3.07. The topological polar surface area (TPSA) is 144 Å². The highest BCUT2D eigenvalue weighted by Crippen LogP contribution is 2.13. The monoisotopic (exact) mass is 447 g/mol. The molecule has 2 N–H and O–H groups in total. The van der Waals surface area contributed by atoms with Gasteiger partial charge in [0, 0.05) is 13.5 Å². The first-order chi connectivity index (χ1) is 15.3. The molecule has 0 aliphatic rings. The number of hydrogen-bond donors (Lipinski definition) is 2. The number of ether oxygens (including phenoxy) is 1. The fourth-order valence-corrected chi connectivity index (χ4v) is 3.07. The molecule has 0 aliphatic carbocycles. The zero-order valence-electron chi connectivity index (χ0n) is 18.7. The zero-order chi connectivity index (χ0) is 23.7. The second-order valence-corrected chi connectivity index (χ2v) is 7.20. The molecule has 2 rings (SSSR count). The largest absolute Gasteiger partial charge is 0.454 e. The Morgan fingerprint density at radius 3 is 2.44 bits per heavy atom. The number of benzene rings is 1. The normalized spacial score (nSPS) is 12.8. The molecule has 32 heavy (non-hydrogen) atoms. The van der Waals surface area contributed by atoms with Gasteiger partial charge < -0.3 is 10.1 Å². The van der Waals surface area contributed by atoms with E-state index in [0.29, 0.717) is 30.4 Å². The maximum Gasteiger partial charge on any atom is 0.338 e. The van der Waals surface area contributed by atoms with Crippen LogP contribution in [0.4, 0.5) is 0 Å². The van der Waals surface area contributed by atoms with Crippen molar-refractivity contribution in [2.45, 2.75) is 59.0 Å². The van der Waals surface area contributed by atoms with Crippen molar-refractivity contribution in [2.24, 2.45) is 0 Å². The Morgan fingerprint density at radius 2 is 1.81 bits per heavy atom. The third-order valence-corrected chi connectivity index (χ3v) is 4.82. The van der Waals surface area contributed by atoms with Crippen LogP contribution in [-0.2, 0) is 19.1 Å². The summed E-state index contributed by atoms with van der Waals surface area (Å²) in [5, 5.41) is 11.3. The van der Waals surface area contributed by atoms with E-state index in [1.807, 2.05) is 6.92 Å². The predicted octanol–water partition coefficient (Wildman–Crippen LogP) is 1.39. The van der Waals surface area contributed by atoms with Crippen molar-refractivity contribution in [1.29, 1.82) is 0 Å². The van der Waals surface area contributed by atoms with E-state index in [4.69, 9.17) is 4.74 Å². The molecule has 0 spiro atoms. The van der Waals surface area contributed by atoms with Crippen LogP contribution in [0.25, 0.3) is 11.0 Å². The summed E-state index contributed by atoms with van der Waals surface area (Å²) in [4.78, 5) is 49.6. The third kappa shape index (κ3) is 6.33. The maximum absolute atomic E-state index is 12.8. The summed E-state index contributed by atoms with van der Waals surface area (Å²) in [6.07, 6.45) is 1.45. The van der Waals surface area contributed by atoms with E-state index in [1.165, 1.54) is 24.1 Å². The Hall–Kier alpha value is -3.34. The molecular formula is C21H29N5O6. The Balaban J connectivity index is 1.97. The first kappa shape index (κ1) is 24.9. The van der Waals surface area contributed by atoms with E-state index in [2.05, 4.69) is 25.7 Å². The quantitative estimate of drug-likeness (QED) is 0.364. The first-order valence-electron chi connectivity index (χ1n) is 10.6. The number of ketones is 1. The number of hydrogen-bond acceptors (Lipinski definition) is 9. The molecule has 0 saturated carbocycles. The Morgan fingerprint density at radius 1 is 1.09 bits per heavy atom. The number of nitrogens with zero attached hydrogens (tertiary/aromatic N) is 3. The molecule has 0 fully saturated rings. The van der Waals surface area contributed by atoms with E-state index in [0.717, 1.165) is 6.42 Å². The summed E-state index contributed by atoms with van der Waals surface area (Å²) >= 11 is 0. The highest BCUT2D eigenvalue weighted by molar-refractivity contribution is 5.96. The van der Waals surface area contributed by atoms with Gasteiger partial charge in [0.15, 0.2) is 12.4 Å². The lowest BCUT2D eigenvalue weighted by Gasteiger charge is -2.30. The van der Waals surface area contributed by atoms with Crippen molar-refractivity contribution in [3.8, 4) is 0 Å². The Bertz CT molecular complexity index is 959. The molecule has 2 atom stereocenters. The van der Waals surface area contributed by atoms with Crippen molar-refractivity contribution in [3.63, 3.8) is 0 Å². The van der Waals surface area contributed by atoms with Crippen LogP contribution in [0.5, 0.6) is 0 Å². The van der Waals surface area contributed by atoms with Crippen molar-refractivity contribution in [3.05, 3.63) is 23.8 Å². The number of carbonyl (C=O) groups excluding carboxylic acids is 4. The number of esters is 1. The van der Waals surface area contributed by atoms with Crippen LogP contribution < -0.4 is 10.7 Å². The highest BCUT2D eigenvalue weighted by Gasteiger charge is 2.29. The van der Waals surface area contributed by atoms with Crippen molar-refractivity contribution >= 4 is 34.6 Å². The summed E-state index contributed by atoms with van der Waals surface area (Å²) in [6, 6.07) is 2.86. The molecule has 1 aromatic heterocycles. The number of hydrazine groups is 1. The summed E-state index contributed by atoms with van der Waals surface area (Å²) in [5.74, 6) is -1.92.